The fraction of sp³-hybridized carbons (Fsp3) is 0.318. The molecule has 7 heteroatoms. The van der Waals surface area contributed by atoms with Gasteiger partial charge in [0.25, 0.3) is 5.56 Å². The Kier molecular flexibility index (Phi) is 5.31. The molecule has 0 aliphatic carbocycles. The molecule has 4 rings (SSSR count). The maximum absolute atomic E-state index is 12.8. The molecule has 0 atom stereocenters. The van der Waals surface area contributed by atoms with Gasteiger partial charge < -0.3 is 14.5 Å². The van der Waals surface area contributed by atoms with E-state index in [9.17, 15) is 4.79 Å². The Labute approximate surface area is 169 Å². The first-order valence-corrected chi connectivity index (χ1v) is 9.55. The molecule has 1 aliphatic rings. The Bertz CT molecular complexity index is 1080. The largest absolute Gasteiger partial charge is 0.497 e. The van der Waals surface area contributed by atoms with Crippen LogP contribution in [-0.2, 0) is 19.5 Å². The fourth-order valence-electron chi connectivity index (χ4n) is 3.74. The first-order chi connectivity index (χ1) is 14.1. The summed E-state index contributed by atoms with van der Waals surface area (Å²) in [6.07, 6.45) is 4.12. The van der Waals surface area contributed by atoms with Gasteiger partial charge in [0.1, 0.15) is 17.3 Å². The van der Waals surface area contributed by atoms with E-state index in [-0.39, 0.29) is 5.56 Å². The van der Waals surface area contributed by atoms with Crippen LogP contribution in [0.25, 0.3) is 11.4 Å². The van der Waals surface area contributed by atoms with E-state index in [1.165, 1.54) is 0 Å². The highest BCUT2D eigenvalue weighted by molar-refractivity contribution is 5.54. The Balaban J connectivity index is 1.59. The average Bonchev–Trinajstić information content (AvgIpc) is 2.75. The monoisotopic (exact) mass is 392 g/mol. The number of aromatic amines is 1. The maximum atomic E-state index is 12.8. The topological polar surface area (TPSA) is 80.3 Å². The number of benzene rings is 1. The third kappa shape index (κ3) is 3.86. The van der Waals surface area contributed by atoms with Crippen molar-refractivity contribution in [2.75, 3.05) is 20.8 Å². The second-order valence-electron chi connectivity index (χ2n) is 7.16. The summed E-state index contributed by atoms with van der Waals surface area (Å²) in [7, 11) is 3.31. The van der Waals surface area contributed by atoms with Crippen LogP contribution in [0.2, 0.25) is 0 Å². The predicted molar refractivity (Wildman–Crippen MR) is 110 cm³/mol. The lowest BCUT2D eigenvalue weighted by atomic mass is 10.0. The first kappa shape index (κ1) is 19.1. The normalized spacial score (nSPS) is 13.8. The zero-order chi connectivity index (χ0) is 20.4. The molecule has 1 aromatic carbocycles. The minimum Gasteiger partial charge on any atom is -0.497 e. The summed E-state index contributed by atoms with van der Waals surface area (Å²) >= 11 is 0. The van der Waals surface area contributed by atoms with E-state index < -0.39 is 0 Å². The van der Waals surface area contributed by atoms with Crippen molar-refractivity contribution in [3.8, 4) is 22.9 Å². The number of pyridine rings is 1. The van der Waals surface area contributed by atoms with Crippen molar-refractivity contribution in [3.63, 3.8) is 0 Å². The van der Waals surface area contributed by atoms with Crippen molar-refractivity contribution in [1.82, 2.24) is 19.9 Å². The summed E-state index contributed by atoms with van der Waals surface area (Å²) in [5.41, 5.74) is 4.60. The van der Waals surface area contributed by atoms with Crippen LogP contribution in [0.1, 0.15) is 22.4 Å². The number of aryl methyl sites for hydroxylation is 1. The second kappa shape index (κ2) is 8.05. The maximum Gasteiger partial charge on any atom is 0.255 e. The number of rotatable bonds is 5. The van der Waals surface area contributed by atoms with Gasteiger partial charge in [0.15, 0.2) is 0 Å². The quantitative estimate of drug-likeness (QED) is 0.719. The highest BCUT2D eigenvalue weighted by Crippen LogP contribution is 2.30. The van der Waals surface area contributed by atoms with E-state index in [2.05, 4.69) is 14.9 Å². The number of hydrogen-bond acceptors (Lipinski definition) is 6. The summed E-state index contributed by atoms with van der Waals surface area (Å²) in [4.78, 5) is 26.7. The van der Waals surface area contributed by atoms with Crippen molar-refractivity contribution in [2.45, 2.75) is 26.4 Å². The molecular weight excluding hydrogens is 368 g/mol. The van der Waals surface area contributed by atoms with Gasteiger partial charge in [-0.2, -0.15) is 0 Å². The molecule has 0 saturated heterocycles. The molecular formula is C22H24N4O3. The Morgan fingerprint density at radius 3 is 2.69 bits per heavy atom. The van der Waals surface area contributed by atoms with Gasteiger partial charge in [-0.25, -0.2) is 4.98 Å². The van der Waals surface area contributed by atoms with Crippen LogP contribution >= 0.6 is 0 Å². The van der Waals surface area contributed by atoms with E-state index in [0.29, 0.717) is 18.9 Å². The molecule has 1 aliphatic heterocycles. The van der Waals surface area contributed by atoms with E-state index in [1.807, 2.05) is 31.2 Å². The molecule has 1 N–H and O–H groups in total. The van der Waals surface area contributed by atoms with Crippen molar-refractivity contribution in [3.05, 3.63) is 69.4 Å². The third-order valence-corrected chi connectivity index (χ3v) is 5.34. The van der Waals surface area contributed by atoms with Crippen LogP contribution in [0, 0.1) is 6.92 Å². The number of fused-ring (bicyclic) bond motifs is 1. The fourth-order valence-corrected chi connectivity index (χ4v) is 3.74. The summed E-state index contributed by atoms with van der Waals surface area (Å²) in [5.74, 6) is 2.17. The molecule has 0 spiro atoms. The van der Waals surface area contributed by atoms with Gasteiger partial charge in [-0.05, 0) is 30.7 Å². The minimum absolute atomic E-state index is 0.0788. The predicted octanol–water partition coefficient (Wildman–Crippen LogP) is 2.72. The molecule has 0 radical (unpaired) electrons. The van der Waals surface area contributed by atoms with Gasteiger partial charge in [0.2, 0.25) is 0 Å². The van der Waals surface area contributed by atoms with Crippen LogP contribution in [0.5, 0.6) is 11.5 Å². The molecule has 0 bridgehead atoms. The summed E-state index contributed by atoms with van der Waals surface area (Å²) in [6, 6.07) is 7.59. The van der Waals surface area contributed by atoms with Gasteiger partial charge in [0, 0.05) is 55.6 Å². The number of nitrogens with zero attached hydrogens (tertiary/aromatic N) is 3. The Morgan fingerprint density at radius 1 is 1.17 bits per heavy atom. The highest BCUT2D eigenvalue weighted by Gasteiger charge is 2.23. The van der Waals surface area contributed by atoms with Crippen LogP contribution in [-0.4, -0.2) is 40.6 Å². The summed E-state index contributed by atoms with van der Waals surface area (Å²) in [5, 5.41) is 0. The second-order valence-corrected chi connectivity index (χ2v) is 7.16. The van der Waals surface area contributed by atoms with Crippen molar-refractivity contribution >= 4 is 0 Å². The number of ether oxygens (including phenoxy) is 2. The molecule has 3 heterocycles. The molecule has 0 amide bonds. The van der Waals surface area contributed by atoms with Crippen molar-refractivity contribution in [2.24, 2.45) is 0 Å². The van der Waals surface area contributed by atoms with Gasteiger partial charge in [-0.3, -0.25) is 14.7 Å². The SMILES string of the molecule is COc1cc(C)c(CN2CCc3nc(-c4ccncc4)[nH]c(=O)c3C2)c(OC)c1. The standard InChI is InChI=1S/C22H24N4O3/c1-14-10-16(28-2)11-20(29-3)17(14)12-26-9-6-19-18(13-26)22(27)25-21(24-19)15-4-7-23-8-5-15/h4-5,7-8,10-11H,6,9,12-13H2,1-3H3,(H,24,25,27). The molecule has 29 heavy (non-hydrogen) atoms. The number of hydrogen-bond donors (Lipinski definition) is 1. The molecule has 7 nitrogen and oxygen atoms in total. The van der Waals surface area contributed by atoms with Gasteiger partial charge in [-0.1, -0.05) is 0 Å². The zero-order valence-electron chi connectivity index (χ0n) is 16.9. The molecule has 150 valence electrons. The number of nitrogens with one attached hydrogen (secondary N) is 1. The van der Waals surface area contributed by atoms with Crippen LogP contribution in [0.3, 0.4) is 0 Å². The Hall–Kier alpha value is -3.19. The lowest BCUT2D eigenvalue weighted by Crippen LogP contribution is -2.35. The van der Waals surface area contributed by atoms with E-state index in [1.54, 1.807) is 26.6 Å². The summed E-state index contributed by atoms with van der Waals surface area (Å²) in [6.45, 7) is 4.13. The lowest BCUT2D eigenvalue weighted by molar-refractivity contribution is 0.237. The average molecular weight is 392 g/mol. The number of aromatic nitrogens is 3. The van der Waals surface area contributed by atoms with E-state index in [4.69, 9.17) is 14.5 Å². The van der Waals surface area contributed by atoms with Gasteiger partial charge in [-0.15, -0.1) is 0 Å². The number of methoxy groups -OCH3 is 2. The van der Waals surface area contributed by atoms with Crippen LogP contribution < -0.4 is 15.0 Å². The van der Waals surface area contributed by atoms with Gasteiger partial charge >= 0.3 is 0 Å². The molecule has 2 aromatic heterocycles. The molecule has 0 unspecified atom stereocenters. The van der Waals surface area contributed by atoms with Gasteiger partial charge in [0.05, 0.1) is 25.5 Å². The van der Waals surface area contributed by atoms with Crippen LogP contribution in [0.15, 0.2) is 41.5 Å². The van der Waals surface area contributed by atoms with Crippen molar-refractivity contribution < 1.29 is 9.47 Å². The first-order valence-electron chi connectivity index (χ1n) is 9.55. The van der Waals surface area contributed by atoms with Crippen molar-refractivity contribution in [1.29, 1.82) is 0 Å². The number of H-pyrrole nitrogens is 1. The van der Waals surface area contributed by atoms with E-state index >= 15 is 0 Å². The minimum atomic E-state index is -0.0788. The molecule has 0 saturated carbocycles. The smallest absolute Gasteiger partial charge is 0.255 e. The lowest BCUT2D eigenvalue weighted by Gasteiger charge is -2.29. The Morgan fingerprint density at radius 2 is 1.97 bits per heavy atom. The third-order valence-electron chi connectivity index (χ3n) is 5.34. The molecule has 3 aromatic rings. The molecule has 0 fully saturated rings. The summed E-state index contributed by atoms with van der Waals surface area (Å²) < 4.78 is 10.9. The zero-order valence-corrected chi connectivity index (χ0v) is 16.9. The van der Waals surface area contributed by atoms with E-state index in [0.717, 1.165) is 52.4 Å². The highest BCUT2D eigenvalue weighted by atomic mass is 16.5. The van der Waals surface area contributed by atoms with Crippen LogP contribution in [0.4, 0.5) is 0 Å².